The number of rotatable bonds is 1. The molecule has 0 amide bonds. The van der Waals surface area contributed by atoms with Gasteiger partial charge in [-0.05, 0) is 19.8 Å². The van der Waals surface area contributed by atoms with Crippen LogP contribution < -0.4 is 0 Å². The van der Waals surface area contributed by atoms with Gasteiger partial charge in [-0.15, -0.1) is 0 Å². The van der Waals surface area contributed by atoms with Gasteiger partial charge < -0.3 is 0 Å². The second kappa shape index (κ2) is 3.48. The topological polar surface area (TPSA) is 34.1 Å². The Labute approximate surface area is 86.1 Å². The average molecular weight is 196 g/mol. The molecular formula is C12H20O2. The zero-order valence-corrected chi connectivity index (χ0v) is 9.64. The van der Waals surface area contributed by atoms with E-state index in [-0.39, 0.29) is 11.6 Å². The van der Waals surface area contributed by atoms with Crippen molar-refractivity contribution in [3.8, 4) is 0 Å². The Kier molecular flexibility index (Phi) is 2.84. The third-order valence-corrected chi connectivity index (χ3v) is 3.13. The van der Waals surface area contributed by atoms with E-state index < -0.39 is 10.8 Å². The van der Waals surface area contributed by atoms with E-state index in [0.717, 1.165) is 19.3 Å². The molecule has 1 atom stereocenters. The average Bonchev–Trinajstić information content (AvgIpc) is 2.07. The lowest BCUT2D eigenvalue weighted by Gasteiger charge is -2.35. The predicted molar refractivity (Wildman–Crippen MR) is 56.0 cm³/mol. The zero-order chi connectivity index (χ0) is 11.0. The van der Waals surface area contributed by atoms with E-state index in [1.807, 2.05) is 27.7 Å². The first-order valence-electron chi connectivity index (χ1n) is 5.37. The molecular weight excluding hydrogens is 176 g/mol. The lowest BCUT2D eigenvalue weighted by molar-refractivity contribution is -0.147. The summed E-state index contributed by atoms with van der Waals surface area (Å²) in [5.74, 6) is 0.248. The minimum Gasteiger partial charge on any atom is -0.299 e. The minimum absolute atomic E-state index is 0.106. The molecule has 0 aromatic heterocycles. The van der Waals surface area contributed by atoms with Gasteiger partial charge in [0.25, 0.3) is 0 Å². The molecule has 0 aromatic carbocycles. The summed E-state index contributed by atoms with van der Waals surface area (Å²) in [6, 6.07) is 0. The van der Waals surface area contributed by atoms with Crippen molar-refractivity contribution in [3.63, 3.8) is 0 Å². The molecule has 1 aliphatic rings. The van der Waals surface area contributed by atoms with E-state index >= 15 is 0 Å². The van der Waals surface area contributed by atoms with Gasteiger partial charge in [-0.3, -0.25) is 9.59 Å². The van der Waals surface area contributed by atoms with Crippen molar-refractivity contribution in [1.29, 1.82) is 0 Å². The van der Waals surface area contributed by atoms with Crippen LogP contribution in [0.15, 0.2) is 0 Å². The van der Waals surface area contributed by atoms with Crippen LogP contribution in [0.3, 0.4) is 0 Å². The zero-order valence-electron chi connectivity index (χ0n) is 9.64. The summed E-state index contributed by atoms with van der Waals surface area (Å²) in [5, 5.41) is 0. The highest BCUT2D eigenvalue weighted by molar-refractivity contribution is 6.08. The third kappa shape index (κ3) is 1.89. The molecule has 1 aliphatic carbocycles. The van der Waals surface area contributed by atoms with Crippen LogP contribution in [0.25, 0.3) is 0 Å². The van der Waals surface area contributed by atoms with Crippen LogP contribution in [0, 0.1) is 10.8 Å². The van der Waals surface area contributed by atoms with Gasteiger partial charge in [0, 0.05) is 11.8 Å². The lowest BCUT2D eigenvalue weighted by atomic mass is 9.65. The molecule has 2 heteroatoms. The lowest BCUT2D eigenvalue weighted by Crippen LogP contribution is -2.44. The molecule has 0 saturated heterocycles. The van der Waals surface area contributed by atoms with Crippen LogP contribution in [-0.4, -0.2) is 11.6 Å². The van der Waals surface area contributed by atoms with E-state index in [2.05, 4.69) is 0 Å². The molecule has 1 unspecified atom stereocenters. The van der Waals surface area contributed by atoms with Gasteiger partial charge in [-0.2, -0.15) is 0 Å². The number of Topliss-reactive ketones (excluding diaryl/α,β-unsaturated/α-hetero) is 2. The number of carbonyl (C=O) groups excluding carboxylic acids is 2. The maximum absolute atomic E-state index is 12.1. The summed E-state index contributed by atoms with van der Waals surface area (Å²) in [7, 11) is 0. The molecule has 14 heavy (non-hydrogen) atoms. The van der Waals surface area contributed by atoms with Crippen molar-refractivity contribution in [1.82, 2.24) is 0 Å². The number of ketones is 2. The highest BCUT2D eigenvalue weighted by atomic mass is 16.2. The molecule has 1 fully saturated rings. The van der Waals surface area contributed by atoms with Crippen molar-refractivity contribution in [2.24, 2.45) is 10.8 Å². The fraction of sp³-hybridized carbons (Fsp3) is 0.833. The SMILES string of the molecule is CC(C)(C)C(=O)C1(C)CCCCC1=O. The van der Waals surface area contributed by atoms with Gasteiger partial charge in [0.1, 0.15) is 5.78 Å². The Morgan fingerprint density at radius 1 is 1.29 bits per heavy atom. The summed E-state index contributed by atoms with van der Waals surface area (Å²) in [5.41, 5.74) is -1.10. The van der Waals surface area contributed by atoms with E-state index in [4.69, 9.17) is 0 Å². The summed E-state index contributed by atoms with van der Waals surface area (Å²) in [4.78, 5) is 23.9. The summed E-state index contributed by atoms with van der Waals surface area (Å²) < 4.78 is 0. The molecule has 0 spiro atoms. The van der Waals surface area contributed by atoms with Crippen LogP contribution in [-0.2, 0) is 9.59 Å². The molecule has 0 heterocycles. The van der Waals surface area contributed by atoms with Gasteiger partial charge >= 0.3 is 0 Å². The molecule has 1 rings (SSSR count). The minimum atomic E-state index is -0.698. The second-order valence-electron chi connectivity index (χ2n) is 5.54. The molecule has 0 bridgehead atoms. The monoisotopic (exact) mass is 196 g/mol. The quantitative estimate of drug-likeness (QED) is 0.604. The molecule has 2 nitrogen and oxygen atoms in total. The fourth-order valence-corrected chi connectivity index (χ4v) is 2.25. The molecule has 80 valence electrons. The molecule has 0 N–H and O–H groups in total. The van der Waals surface area contributed by atoms with Gasteiger partial charge in [0.2, 0.25) is 0 Å². The van der Waals surface area contributed by atoms with Crippen LogP contribution in [0.5, 0.6) is 0 Å². The second-order valence-corrected chi connectivity index (χ2v) is 5.54. The van der Waals surface area contributed by atoms with Crippen LogP contribution in [0.2, 0.25) is 0 Å². The van der Waals surface area contributed by atoms with Gasteiger partial charge in [0.15, 0.2) is 5.78 Å². The van der Waals surface area contributed by atoms with Crippen molar-refractivity contribution in [2.45, 2.75) is 53.4 Å². The molecule has 1 saturated carbocycles. The van der Waals surface area contributed by atoms with Crippen LogP contribution in [0.4, 0.5) is 0 Å². The largest absolute Gasteiger partial charge is 0.299 e. The normalized spacial score (nSPS) is 29.0. The Bertz CT molecular complexity index is 260. The molecule has 0 aliphatic heterocycles. The van der Waals surface area contributed by atoms with Gasteiger partial charge in [-0.1, -0.05) is 27.2 Å². The highest BCUT2D eigenvalue weighted by Gasteiger charge is 2.45. The van der Waals surface area contributed by atoms with Crippen molar-refractivity contribution >= 4 is 11.6 Å². The van der Waals surface area contributed by atoms with Gasteiger partial charge in [0.05, 0.1) is 5.41 Å². The van der Waals surface area contributed by atoms with Crippen molar-refractivity contribution < 1.29 is 9.59 Å². The molecule has 0 radical (unpaired) electrons. The Balaban J connectivity index is 2.93. The summed E-state index contributed by atoms with van der Waals surface area (Å²) >= 11 is 0. The van der Waals surface area contributed by atoms with E-state index in [1.165, 1.54) is 0 Å². The van der Waals surface area contributed by atoms with Crippen LogP contribution >= 0.6 is 0 Å². The standard InChI is InChI=1S/C12H20O2/c1-11(2,3)10(14)12(4)8-6-5-7-9(12)13/h5-8H2,1-4H3. The first-order chi connectivity index (χ1) is 6.28. The number of carbonyl (C=O) groups is 2. The van der Waals surface area contributed by atoms with Gasteiger partial charge in [-0.25, -0.2) is 0 Å². The molecule has 0 aromatic rings. The smallest absolute Gasteiger partial charge is 0.151 e. The Morgan fingerprint density at radius 2 is 1.86 bits per heavy atom. The summed E-state index contributed by atoms with van der Waals surface area (Å²) in [6.45, 7) is 7.50. The van der Waals surface area contributed by atoms with Crippen LogP contribution in [0.1, 0.15) is 53.4 Å². The van der Waals surface area contributed by atoms with Crippen molar-refractivity contribution in [3.05, 3.63) is 0 Å². The predicted octanol–water partition coefficient (Wildman–Crippen LogP) is 2.75. The van der Waals surface area contributed by atoms with E-state index in [1.54, 1.807) is 0 Å². The third-order valence-electron chi connectivity index (χ3n) is 3.13. The highest BCUT2D eigenvalue weighted by Crippen LogP contribution is 2.38. The van der Waals surface area contributed by atoms with E-state index in [0.29, 0.717) is 6.42 Å². The Morgan fingerprint density at radius 3 is 2.29 bits per heavy atom. The van der Waals surface area contributed by atoms with Crippen molar-refractivity contribution in [2.75, 3.05) is 0 Å². The first-order valence-corrected chi connectivity index (χ1v) is 5.37. The maximum Gasteiger partial charge on any atom is 0.151 e. The summed E-state index contributed by atoms with van der Waals surface area (Å²) in [6.07, 6.45) is 3.27. The first kappa shape index (κ1) is 11.4. The number of hydrogen-bond acceptors (Lipinski definition) is 2. The van der Waals surface area contributed by atoms with E-state index in [9.17, 15) is 9.59 Å². The fourth-order valence-electron chi connectivity index (χ4n) is 2.25. The number of hydrogen-bond donors (Lipinski definition) is 0. The maximum atomic E-state index is 12.1. The Hall–Kier alpha value is -0.660.